The molecule has 1 aliphatic rings. The van der Waals surface area contributed by atoms with Crippen molar-refractivity contribution in [1.29, 1.82) is 0 Å². The van der Waals surface area contributed by atoms with Gasteiger partial charge in [-0.15, -0.1) is 6.58 Å². The topological polar surface area (TPSA) is 67.1 Å². The minimum absolute atomic E-state index is 0.515. The largest absolute Gasteiger partial charge is 0.366 e. The van der Waals surface area contributed by atoms with Crippen molar-refractivity contribution in [3.05, 3.63) is 25.0 Å². The molecule has 19 heavy (non-hydrogen) atoms. The second kappa shape index (κ2) is 7.09. The fourth-order valence-corrected chi connectivity index (χ4v) is 2.57. The van der Waals surface area contributed by atoms with Crippen LogP contribution in [0.4, 0.5) is 11.6 Å². The van der Waals surface area contributed by atoms with Crippen molar-refractivity contribution in [2.75, 3.05) is 29.9 Å². The van der Waals surface area contributed by atoms with Crippen LogP contribution in [0.3, 0.4) is 0 Å². The van der Waals surface area contributed by atoms with Gasteiger partial charge >= 0.3 is 0 Å². The molecule has 5 heteroatoms. The Morgan fingerprint density at radius 3 is 3.16 bits per heavy atom. The van der Waals surface area contributed by atoms with E-state index in [1.807, 2.05) is 12.1 Å². The lowest BCUT2D eigenvalue weighted by Crippen LogP contribution is -2.41. The summed E-state index contributed by atoms with van der Waals surface area (Å²) in [6.45, 7) is 6.19. The average Bonchev–Trinajstić information content (AvgIpc) is 2.46. The Morgan fingerprint density at radius 2 is 2.37 bits per heavy atom. The van der Waals surface area contributed by atoms with Gasteiger partial charge in [0.2, 0.25) is 0 Å². The first-order valence-corrected chi connectivity index (χ1v) is 6.98. The highest BCUT2D eigenvalue weighted by Gasteiger charge is 2.23. The van der Waals surface area contributed by atoms with Gasteiger partial charge in [0.25, 0.3) is 0 Å². The Kier molecular flexibility index (Phi) is 5.15. The van der Waals surface area contributed by atoms with Gasteiger partial charge in [-0.2, -0.15) is 0 Å². The summed E-state index contributed by atoms with van der Waals surface area (Å²) in [6, 6.07) is 2.53. The molecule has 1 unspecified atom stereocenters. The van der Waals surface area contributed by atoms with Crippen LogP contribution in [0, 0.1) is 0 Å². The van der Waals surface area contributed by atoms with Crippen molar-refractivity contribution in [3.8, 4) is 0 Å². The Bertz CT molecular complexity index is 405. The number of rotatable bonds is 6. The van der Waals surface area contributed by atoms with E-state index >= 15 is 0 Å². The molecule has 0 radical (unpaired) electrons. The zero-order chi connectivity index (χ0) is 13.5. The van der Waals surface area contributed by atoms with E-state index in [9.17, 15) is 0 Å². The van der Waals surface area contributed by atoms with Crippen molar-refractivity contribution in [3.63, 3.8) is 0 Å². The molecule has 1 saturated heterocycles. The van der Waals surface area contributed by atoms with Crippen molar-refractivity contribution in [2.24, 2.45) is 5.73 Å². The van der Waals surface area contributed by atoms with Gasteiger partial charge in [0.1, 0.15) is 18.0 Å². The van der Waals surface area contributed by atoms with Crippen LogP contribution in [0.5, 0.6) is 0 Å². The number of anilines is 2. The van der Waals surface area contributed by atoms with Gasteiger partial charge in [-0.1, -0.05) is 6.08 Å². The van der Waals surface area contributed by atoms with E-state index in [1.165, 1.54) is 19.3 Å². The van der Waals surface area contributed by atoms with Gasteiger partial charge in [-0.25, -0.2) is 9.97 Å². The van der Waals surface area contributed by atoms with Gasteiger partial charge in [0.05, 0.1) is 0 Å². The predicted molar refractivity (Wildman–Crippen MR) is 79.4 cm³/mol. The van der Waals surface area contributed by atoms with Gasteiger partial charge in [-0.3, -0.25) is 0 Å². The highest BCUT2D eigenvalue weighted by Crippen LogP contribution is 2.25. The third kappa shape index (κ3) is 3.67. The molecular formula is C14H23N5. The zero-order valence-electron chi connectivity index (χ0n) is 11.4. The first kappa shape index (κ1) is 13.8. The summed E-state index contributed by atoms with van der Waals surface area (Å²) < 4.78 is 0. The average molecular weight is 261 g/mol. The first-order valence-electron chi connectivity index (χ1n) is 6.98. The van der Waals surface area contributed by atoms with Crippen molar-refractivity contribution in [2.45, 2.75) is 31.7 Å². The van der Waals surface area contributed by atoms with E-state index in [-0.39, 0.29) is 0 Å². The standard InChI is InChI=1S/C14H23N5/c1-2-8-16-13-10-14(18-11-17-13)19-9-4-3-5-12(19)6-7-15/h2,10-12H,1,3-9,15H2,(H,16,17,18). The highest BCUT2D eigenvalue weighted by atomic mass is 15.2. The fourth-order valence-electron chi connectivity index (χ4n) is 2.57. The van der Waals surface area contributed by atoms with E-state index in [1.54, 1.807) is 6.33 Å². The van der Waals surface area contributed by atoms with Crippen molar-refractivity contribution < 1.29 is 0 Å². The van der Waals surface area contributed by atoms with Gasteiger partial charge < -0.3 is 16.0 Å². The normalized spacial score (nSPS) is 19.2. The summed E-state index contributed by atoms with van der Waals surface area (Å²) in [7, 11) is 0. The lowest BCUT2D eigenvalue weighted by molar-refractivity contribution is 0.438. The molecule has 2 rings (SSSR count). The van der Waals surface area contributed by atoms with Crippen LogP contribution in [-0.2, 0) is 0 Å². The molecule has 0 aromatic carbocycles. The van der Waals surface area contributed by atoms with E-state index in [0.717, 1.165) is 31.1 Å². The summed E-state index contributed by atoms with van der Waals surface area (Å²) in [6.07, 6.45) is 8.18. The second-order valence-corrected chi connectivity index (χ2v) is 4.85. The number of piperidine rings is 1. The minimum atomic E-state index is 0.515. The Balaban J connectivity index is 2.11. The van der Waals surface area contributed by atoms with Crippen molar-refractivity contribution in [1.82, 2.24) is 9.97 Å². The molecule has 0 bridgehead atoms. The Hall–Kier alpha value is -1.62. The van der Waals surface area contributed by atoms with E-state index < -0.39 is 0 Å². The summed E-state index contributed by atoms with van der Waals surface area (Å²) in [4.78, 5) is 11.0. The summed E-state index contributed by atoms with van der Waals surface area (Å²) in [5, 5.41) is 3.20. The molecule has 0 saturated carbocycles. The van der Waals surface area contributed by atoms with Crippen LogP contribution in [0.2, 0.25) is 0 Å². The van der Waals surface area contributed by atoms with Crippen LogP contribution in [0.15, 0.2) is 25.0 Å². The molecule has 104 valence electrons. The molecule has 1 aromatic rings. The maximum Gasteiger partial charge on any atom is 0.134 e. The Morgan fingerprint density at radius 1 is 1.47 bits per heavy atom. The number of aromatic nitrogens is 2. The number of hydrogen-bond donors (Lipinski definition) is 2. The molecule has 1 aliphatic heterocycles. The van der Waals surface area contributed by atoms with E-state index in [0.29, 0.717) is 12.6 Å². The molecule has 5 nitrogen and oxygen atoms in total. The lowest BCUT2D eigenvalue weighted by Gasteiger charge is -2.36. The van der Waals surface area contributed by atoms with Crippen LogP contribution in [-0.4, -0.2) is 35.6 Å². The quantitative estimate of drug-likeness (QED) is 0.764. The van der Waals surface area contributed by atoms with Gasteiger partial charge in [-0.05, 0) is 32.2 Å². The number of nitrogens with two attached hydrogens (primary N) is 1. The molecule has 0 spiro atoms. The third-order valence-corrected chi connectivity index (χ3v) is 3.50. The second-order valence-electron chi connectivity index (χ2n) is 4.85. The van der Waals surface area contributed by atoms with E-state index in [4.69, 9.17) is 5.73 Å². The predicted octanol–water partition coefficient (Wildman–Crippen LogP) is 1.78. The van der Waals surface area contributed by atoms with Crippen LogP contribution < -0.4 is 16.0 Å². The maximum absolute atomic E-state index is 5.71. The molecule has 1 atom stereocenters. The molecule has 3 N–H and O–H groups in total. The van der Waals surface area contributed by atoms with Crippen LogP contribution in [0.25, 0.3) is 0 Å². The molecule has 1 fully saturated rings. The number of hydrogen-bond acceptors (Lipinski definition) is 5. The van der Waals surface area contributed by atoms with Gasteiger partial charge in [0.15, 0.2) is 0 Å². The molecule has 1 aromatic heterocycles. The van der Waals surface area contributed by atoms with Gasteiger partial charge in [0, 0.05) is 25.2 Å². The first-order chi connectivity index (χ1) is 9.35. The summed E-state index contributed by atoms with van der Waals surface area (Å²) >= 11 is 0. The minimum Gasteiger partial charge on any atom is -0.366 e. The molecule has 0 aliphatic carbocycles. The number of nitrogens with one attached hydrogen (secondary N) is 1. The summed E-state index contributed by atoms with van der Waals surface area (Å²) in [5.74, 6) is 1.85. The maximum atomic E-state index is 5.71. The molecule has 0 amide bonds. The highest BCUT2D eigenvalue weighted by molar-refractivity contribution is 5.49. The SMILES string of the molecule is C=CCNc1cc(N2CCCCC2CCN)ncn1. The smallest absolute Gasteiger partial charge is 0.134 e. The third-order valence-electron chi connectivity index (χ3n) is 3.50. The summed E-state index contributed by atoms with van der Waals surface area (Å²) in [5.41, 5.74) is 5.71. The van der Waals surface area contributed by atoms with Crippen LogP contribution in [0.1, 0.15) is 25.7 Å². The lowest BCUT2D eigenvalue weighted by atomic mass is 9.99. The molecule has 2 heterocycles. The van der Waals surface area contributed by atoms with E-state index in [2.05, 4.69) is 26.8 Å². The Labute approximate surface area is 114 Å². The molecular weight excluding hydrogens is 238 g/mol. The monoisotopic (exact) mass is 261 g/mol. The van der Waals surface area contributed by atoms with Crippen LogP contribution >= 0.6 is 0 Å². The number of nitrogens with zero attached hydrogens (tertiary/aromatic N) is 3. The van der Waals surface area contributed by atoms with Crippen molar-refractivity contribution >= 4 is 11.6 Å². The fraction of sp³-hybridized carbons (Fsp3) is 0.571. The zero-order valence-corrected chi connectivity index (χ0v) is 11.4.